The molecule has 3 nitrogen and oxygen atoms in total. The molecular weight excluding hydrogens is 288 g/mol. The first-order valence-electron chi connectivity index (χ1n) is 9.01. The van der Waals surface area contributed by atoms with E-state index in [1.54, 1.807) is 0 Å². The first-order valence-corrected chi connectivity index (χ1v) is 9.01. The van der Waals surface area contributed by atoms with Crippen LogP contribution in [0.5, 0.6) is 0 Å². The fraction of sp³-hybridized carbons (Fsp3) is 0.650. The van der Waals surface area contributed by atoms with Crippen molar-refractivity contribution in [3.63, 3.8) is 0 Å². The number of ether oxygens (including phenoxy) is 2. The summed E-state index contributed by atoms with van der Waals surface area (Å²) in [5, 5.41) is 0. The highest BCUT2D eigenvalue weighted by molar-refractivity contribution is 5.86. The smallest absolute Gasteiger partial charge is 0.171 e. The van der Waals surface area contributed by atoms with Gasteiger partial charge in [-0.2, -0.15) is 0 Å². The van der Waals surface area contributed by atoms with Gasteiger partial charge in [-0.3, -0.25) is 4.79 Å². The van der Waals surface area contributed by atoms with E-state index in [4.69, 9.17) is 9.47 Å². The Bertz CT molecular complexity index is 576. The molecule has 3 unspecified atom stereocenters. The predicted octanol–water partition coefficient (Wildman–Crippen LogP) is 3.76. The molecule has 1 aromatic carbocycles. The quantitative estimate of drug-likeness (QED) is 0.834. The number of rotatable bonds is 2. The monoisotopic (exact) mass is 314 g/mol. The van der Waals surface area contributed by atoms with Crippen LogP contribution in [0.4, 0.5) is 0 Å². The zero-order chi connectivity index (χ0) is 15.9. The number of ketones is 1. The van der Waals surface area contributed by atoms with Crippen molar-refractivity contribution in [2.45, 2.75) is 51.2 Å². The number of Topliss-reactive ketones (excluding diaryl/α,β-unsaturated/α-hetero) is 1. The molecule has 0 radical (unpaired) electrons. The van der Waals surface area contributed by atoms with E-state index >= 15 is 0 Å². The van der Waals surface area contributed by atoms with Crippen molar-refractivity contribution in [2.75, 3.05) is 13.2 Å². The third-order valence-electron chi connectivity index (χ3n) is 6.54. The number of carbonyl (C=O) groups is 1. The number of fused-ring (bicyclic) bond motifs is 1. The molecule has 3 heteroatoms. The second kappa shape index (κ2) is 5.71. The lowest BCUT2D eigenvalue weighted by molar-refractivity contribution is -0.244. The van der Waals surface area contributed by atoms with Gasteiger partial charge in [-0.25, -0.2) is 0 Å². The third kappa shape index (κ3) is 2.36. The Balaban J connectivity index is 1.68. The Morgan fingerprint density at radius 3 is 2.61 bits per heavy atom. The van der Waals surface area contributed by atoms with Crippen LogP contribution in [-0.4, -0.2) is 24.8 Å². The van der Waals surface area contributed by atoms with Crippen molar-refractivity contribution in [3.05, 3.63) is 35.9 Å². The summed E-state index contributed by atoms with van der Waals surface area (Å²) in [6.07, 6.45) is 5.50. The predicted molar refractivity (Wildman–Crippen MR) is 88.0 cm³/mol. The van der Waals surface area contributed by atoms with Crippen LogP contribution in [0.25, 0.3) is 0 Å². The van der Waals surface area contributed by atoms with Gasteiger partial charge in [0.2, 0.25) is 0 Å². The Morgan fingerprint density at radius 1 is 1.13 bits per heavy atom. The van der Waals surface area contributed by atoms with Crippen LogP contribution in [-0.2, 0) is 20.7 Å². The fourth-order valence-electron chi connectivity index (χ4n) is 5.36. The van der Waals surface area contributed by atoms with E-state index in [9.17, 15) is 4.79 Å². The second-order valence-electron chi connectivity index (χ2n) is 7.54. The van der Waals surface area contributed by atoms with Gasteiger partial charge in [-0.15, -0.1) is 0 Å². The maximum Gasteiger partial charge on any atom is 0.171 e. The van der Waals surface area contributed by atoms with Gasteiger partial charge in [-0.1, -0.05) is 37.3 Å². The summed E-state index contributed by atoms with van der Waals surface area (Å²) < 4.78 is 12.1. The normalized spacial score (nSPS) is 36.1. The number of benzene rings is 1. The zero-order valence-corrected chi connectivity index (χ0v) is 13.9. The lowest BCUT2D eigenvalue weighted by Crippen LogP contribution is -2.57. The van der Waals surface area contributed by atoms with E-state index < -0.39 is 5.79 Å². The highest BCUT2D eigenvalue weighted by Gasteiger charge is 2.59. The Labute approximate surface area is 138 Å². The first kappa shape index (κ1) is 15.3. The lowest BCUT2D eigenvalue weighted by atomic mass is 9.52. The maximum absolute atomic E-state index is 13.0. The van der Waals surface area contributed by atoms with Crippen LogP contribution in [0.2, 0.25) is 0 Å². The van der Waals surface area contributed by atoms with E-state index in [1.165, 1.54) is 5.56 Å². The Hall–Kier alpha value is -1.19. The molecule has 3 atom stereocenters. The summed E-state index contributed by atoms with van der Waals surface area (Å²) in [6.45, 7) is 3.63. The number of hydrogen-bond acceptors (Lipinski definition) is 3. The molecule has 2 saturated carbocycles. The van der Waals surface area contributed by atoms with Gasteiger partial charge < -0.3 is 9.47 Å². The first-order chi connectivity index (χ1) is 11.2. The third-order valence-corrected chi connectivity index (χ3v) is 6.54. The molecule has 0 aromatic heterocycles. The SMILES string of the molecule is CC1C2CCCC(=O)C2(Cc2ccccc2)CCC12OCCO2. The van der Waals surface area contributed by atoms with E-state index in [-0.39, 0.29) is 11.3 Å². The summed E-state index contributed by atoms with van der Waals surface area (Å²) in [4.78, 5) is 13.0. The summed E-state index contributed by atoms with van der Waals surface area (Å²) in [5.74, 6) is 0.697. The van der Waals surface area contributed by atoms with E-state index in [1.807, 2.05) is 6.07 Å². The summed E-state index contributed by atoms with van der Waals surface area (Å²) in [6, 6.07) is 10.5. The molecule has 4 rings (SSSR count). The highest BCUT2D eigenvalue weighted by Crippen LogP contribution is 2.57. The molecule has 1 aromatic rings. The Morgan fingerprint density at radius 2 is 1.87 bits per heavy atom. The molecular formula is C20H26O3. The van der Waals surface area contributed by atoms with Crippen molar-refractivity contribution in [2.24, 2.45) is 17.3 Å². The molecule has 124 valence electrons. The molecule has 23 heavy (non-hydrogen) atoms. The highest BCUT2D eigenvalue weighted by atomic mass is 16.7. The van der Waals surface area contributed by atoms with E-state index in [2.05, 4.69) is 31.2 Å². The maximum atomic E-state index is 13.0. The van der Waals surface area contributed by atoms with Gasteiger partial charge in [0, 0.05) is 24.2 Å². The van der Waals surface area contributed by atoms with Crippen molar-refractivity contribution in [3.8, 4) is 0 Å². The largest absolute Gasteiger partial charge is 0.347 e. The molecule has 1 spiro atoms. The minimum Gasteiger partial charge on any atom is -0.347 e. The molecule has 1 heterocycles. The van der Waals surface area contributed by atoms with Gasteiger partial charge in [0.1, 0.15) is 5.78 Å². The molecule has 1 aliphatic heterocycles. The molecule has 0 bridgehead atoms. The van der Waals surface area contributed by atoms with Crippen molar-refractivity contribution in [1.29, 1.82) is 0 Å². The van der Waals surface area contributed by atoms with Crippen molar-refractivity contribution < 1.29 is 14.3 Å². The standard InChI is InChI=1S/C20H26O3/c1-15-17-8-5-9-18(21)19(17,14-16-6-3-2-4-7-16)10-11-20(15)22-12-13-23-20/h2-4,6-7,15,17H,5,8-14H2,1H3. The summed E-state index contributed by atoms with van der Waals surface area (Å²) >= 11 is 0. The van der Waals surface area contributed by atoms with E-state index in [0.29, 0.717) is 24.9 Å². The average molecular weight is 314 g/mol. The summed E-state index contributed by atoms with van der Waals surface area (Å²) in [5.41, 5.74) is 1.07. The minimum atomic E-state index is -0.428. The molecule has 1 saturated heterocycles. The van der Waals surface area contributed by atoms with Crippen LogP contribution in [0.15, 0.2) is 30.3 Å². The molecule has 0 amide bonds. The number of carbonyl (C=O) groups excluding carboxylic acids is 1. The zero-order valence-electron chi connectivity index (χ0n) is 13.9. The topological polar surface area (TPSA) is 35.5 Å². The summed E-state index contributed by atoms with van der Waals surface area (Å²) in [7, 11) is 0. The molecule has 3 fully saturated rings. The van der Waals surface area contributed by atoms with Gasteiger partial charge in [0.05, 0.1) is 13.2 Å². The fourth-order valence-corrected chi connectivity index (χ4v) is 5.36. The lowest BCUT2D eigenvalue weighted by Gasteiger charge is -2.54. The molecule has 3 aliphatic rings. The van der Waals surface area contributed by atoms with Crippen LogP contribution >= 0.6 is 0 Å². The van der Waals surface area contributed by atoms with Crippen LogP contribution in [0.3, 0.4) is 0 Å². The van der Waals surface area contributed by atoms with Crippen LogP contribution in [0, 0.1) is 17.3 Å². The van der Waals surface area contributed by atoms with Gasteiger partial charge in [0.25, 0.3) is 0 Å². The average Bonchev–Trinajstić information content (AvgIpc) is 3.04. The van der Waals surface area contributed by atoms with Gasteiger partial charge in [0.15, 0.2) is 5.79 Å². The van der Waals surface area contributed by atoms with E-state index in [0.717, 1.165) is 38.5 Å². The van der Waals surface area contributed by atoms with Crippen LogP contribution in [0.1, 0.15) is 44.6 Å². The van der Waals surface area contributed by atoms with Crippen LogP contribution < -0.4 is 0 Å². The second-order valence-corrected chi connectivity index (χ2v) is 7.54. The molecule has 2 aliphatic carbocycles. The molecule has 0 N–H and O–H groups in total. The van der Waals surface area contributed by atoms with Gasteiger partial charge >= 0.3 is 0 Å². The van der Waals surface area contributed by atoms with Crippen molar-refractivity contribution in [1.82, 2.24) is 0 Å². The minimum absolute atomic E-state index is 0.209. The number of hydrogen-bond donors (Lipinski definition) is 0. The Kier molecular flexibility index (Phi) is 3.81. The van der Waals surface area contributed by atoms with Gasteiger partial charge in [-0.05, 0) is 37.2 Å². The van der Waals surface area contributed by atoms with Crippen molar-refractivity contribution >= 4 is 5.78 Å².